The van der Waals surface area contributed by atoms with Crippen LogP contribution in [0.3, 0.4) is 0 Å². The Balaban J connectivity index is 1.75. The molecule has 2 aromatic heterocycles. The van der Waals surface area contributed by atoms with E-state index in [4.69, 9.17) is 4.98 Å². The third kappa shape index (κ3) is 2.65. The van der Waals surface area contributed by atoms with E-state index in [2.05, 4.69) is 28.7 Å². The molecule has 1 saturated heterocycles. The predicted molar refractivity (Wildman–Crippen MR) is 104 cm³/mol. The van der Waals surface area contributed by atoms with Crippen molar-refractivity contribution in [1.29, 1.82) is 0 Å². The van der Waals surface area contributed by atoms with Crippen LogP contribution in [0.1, 0.15) is 55.2 Å². The first-order valence-electron chi connectivity index (χ1n) is 9.38. The maximum Gasteiger partial charge on any atom is 0.252 e. The molecule has 0 aromatic carbocycles. The average Bonchev–Trinajstić information content (AvgIpc) is 3.34. The van der Waals surface area contributed by atoms with Gasteiger partial charge in [-0.05, 0) is 25.7 Å². The molecule has 8 heteroatoms. The summed E-state index contributed by atoms with van der Waals surface area (Å²) in [5.74, 6) is 1.28. The van der Waals surface area contributed by atoms with Crippen LogP contribution in [0.2, 0.25) is 0 Å². The van der Waals surface area contributed by atoms with E-state index in [0.29, 0.717) is 10.8 Å². The number of carbonyl (C=O) groups excluding carboxylic acids is 2. The van der Waals surface area contributed by atoms with Crippen molar-refractivity contribution in [3.05, 3.63) is 28.6 Å². The van der Waals surface area contributed by atoms with Crippen molar-refractivity contribution >= 4 is 34.5 Å². The molecule has 2 atom stereocenters. The molecule has 142 valence electrons. The Morgan fingerprint density at radius 2 is 2.19 bits per heavy atom. The quantitative estimate of drug-likeness (QED) is 0.737. The average molecular weight is 385 g/mol. The van der Waals surface area contributed by atoms with E-state index in [1.807, 2.05) is 0 Å². The minimum atomic E-state index is -0.534. The summed E-state index contributed by atoms with van der Waals surface area (Å²) in [6.07, 6.45) is 6.91. The van der Waals surface area contributed by atoms with Crippen LogP contribution in [0.15, 0.2) is 17.8 Å². The summed E-state index contributed by atoms with van der Waals surface area (Å²) in [6, 6.07) is 0.277. The van der Waals surface area contributed by atoms with Crippen LogP contribution in [-0.4, -0.2) is 45.3 Å². The van der Waals surface area contributed by atoms with Crippen molar-refractivity contribution in [2.24, 2.45) is 0 Å². The van der Waals surface area contributed by atoms with E-state index in [1.165, 1.54) is 11.3 Å². The van der Waals surface area contributed by atoms with E-state index in [9.17, 15) is 9.59 Å². The van der Waals surface area contributed by atoms with Crippen molar-refractivity contribution in [2.45, 2.75) is 57.5 Å². The van der Waals surface area contributed by atoms with E-state index in [-0.39, 0.29) is 24.2 Å². The standard InChI is InChI=1S/C19H23N5O2S/c1-4-12-6-7-19(5-2)18(26)23(3)13-11-21-15(22-16(13)24(12)19)10-14(25)17-20-8-9-27-17/h8-9,11-12H,4-7,10H2,1-3H3/t12-,19+/m1/s1. The normalized spacial score (nSPS) is 24.1. The second-order valence-corrected chi connectivity index (χ2v) is 8.05. The van der Waals surface area contributed by atoms with Crippen LogP contribution in [0.25, 0.3) is 0 Å². The van der Waals surface area contributed by atoms with Gasteiger partial charge >= 0.3 is 0 Å². The van der Waals surface area contributed by atoms with Gasteiger partial charge < -0.3 is 9.80 Å². The molecule has 7 nitrogen and oxygen atoms in total. The molecule has 4 heterocycles. The highest BCUT2D eigenvalue weighted by Crippen LogP contribution is 2.48. The lowest BCUT2D eigenvalue weighted by molar-refractivity contribution is -0.123. The van der Waals surface area contributed by atoms with Gasteiger partial charge in [0, 0.05) is 24.7 Å². The topological polar surface area (TPSA) is 79.3 Å². The molecule has 4 rings (SSSR count). The molecule has 0 unspecified atom stereocenters. The van der Waals surface area contributed by atoms with Gasteiger partial charge in [0.2, 0.25) is 0 Å². The molecule has 1 fully saturated rings. The number of hydrogen-bond acceptors (Lipinski definition) is 7. The van der Waals surface area contributed by atoms with Gasteiger partial charge in [-0.15, -0.1) is 11.3 Å². The van der Waals surface area contributed by atoms with Crippen LogP contribution in [-0.2, 0) is 11.2 Å². The third-order valence-electron chi connectivity index (χ3n) is 5.86. The Kier molecular flexibility index (Phi) is 4.46. The van der Waals surface area contributed by atoms with E-state index in [0.717, 1.165) is 37.2 Å². The lowest BCUT2D eigenvalue weighted by Crippen LogP contribution is -2.61. The van der Waals surface area contributed by atoms with Crippen molar-refractivity contribution in [3.8, 4) is 0 Å². The van der Waals surface area contributed by atoms with Gasteiger partial charge in [0.1, 0.15) is 17.1 Å². The third-order valence-corrected chi connectivity index (χ3v) is 6.67. The second kappa shape index (κ2) is 6.67. The highest BCUT2D eigenvalue weighted by molar-refractivity contribution is 7.11. The Bertz CT molecular complexity index is 884. The fourth-order valence-electron chi connectivity index (χ4n) is 4.38. The summed E-state index contributed by atoms with van der Waals surface area (Å²) >= 11 is 1.32. The van der Waals surface area contributed by atoms with E-state index >= 15 is 0 Å². The zero-order valence-corrected chi connectivity index (χ0v) is 16.6. The number of fused-ring (bicyclic) bond motifs is 3. The maximum atomic E-state index is 13.2. The summed E-state index contributed by atoms with van der Waals surface area (Å²) in [5.41, 5.74) is 0.183. The molecule has 0 saturated carbocycles. The number of nitrogens with zero attached hydrogens (tertiary/aromatic N) is 5. The molecular formula is C19H23N5O2S. The Labute approximate surface area is 162 Å². The first-order chi connectivity index (χ1) is 13.0. The van der Waals surface area contributed by atoms with Crippen molar-refractivity contribution in [3.63, 3.8) is 0 Å². The number of aromatic nitrogens is 3. The van der Waals surface area contributed by atoms with Gasteiger partial charge in [-0.3, -0.25) is 9.59 Å². The minimum absolute atomic E-state index is 0.0830. The zero-order chi connectivity index (χ0) is 19.2. The summed E-state index contributed by atoms with van der Waals surface area (Å²) in [7, 11) is 1.79. The highest BCUT2D eigenvalue weighted by atomic mass is 32.1. The number of ketones is 1. The molecule has 0 aliphatic carbocycles. The predicted octanol–water partition coefficient (Wildman–Crippen LogP) is 2.86. The first-order valence-corrected chi connectivity index (χ1v) is 10.3. The van der Waals surface area contributed by atoms with Gasteiger partial charge in [-0.2, -0.15) is 0 Å². The first kappa shape index (κ1) is 18.0. The molecule has 0 spiro atoms. The van der Waals surface area contributed by atoms with Crippen molar-refractivity contribution in [2.75, 3.05) is 16.8 Å². The molecule has 0 radical (unpaired) electrons. The number of anilines is 2. The van der Waals surface area contributed by atoms with Crippen LogP contribution in [0.4, 0.5) is 11.5 Å². The summed E-state index contributed by atoms with van der Waals surface area (Å²) in [4.78, 5) is 42.7. The molecule has 27 heavy (non-hydrogen) atoms. The zero-order valence-electron chi connectivity index (χ0n) is 15.8. The lowest BCUT2D eigenvalue weighted by Gasteiger charge is -2.47. The second-order valence-electron chi connectivity index (χ2n) is 7.15. The number of hydrogen-bond donors (Lipinski definition) is 0. The van der Waals surface area contributed by atoms with E-state index in [1.54, 1.807) is 29.7 Å². The number of likely N-dealkylation sites (N-methyl/N-ethyl adjacent to an activating group) is 1. The number of rotatable bonds is 5. The number of thiazole rings is 1. The Morgan fingerprint density at radius 1 is 1.37 bits per heavy atom. The Morgan fingerprint density at radius 3 is 2.85 bits per heavy atom. The van der Waals surface area contributed by atoms with Gasteiger partial charge in [-0.1, -0.05) is 13.8 Å². The van der Waals surface area contributed by atoms with Gasteiger partial charge in [0.05, 0.1) is 12.6 Å². The van der Waals surface area contributed by atoms with Crippen molar-refractivity contribution in [1.82, 2.24) is 15.0 Å². The molecular weight excluding hydrogens is 362 g/mol. The largest absolute Gasteiger partial charge is 0.337 e. The summed E-state index contributed by atoms with van der Waals surface area (Å²) in [6.45, 7) is 4.21. The van der Waals surface area contributed by atoms with Gasteiger partial charge in [-0.25, -0.2) is 15.0 Å². The number of amides is 1. The fraction of sp³-hybridized carbons (Fsp3) is 0.526. The molecule has 0 N–H and O–H groups in total. The molecule has 2 aromatic rings. The van der Waals surface area contributed by atoms with Crippen LogP contribution >= 0.6 is 11.3 Å². The summed E-state index contributed by atoms with van der Waals surface area (Å²) < 4.78 is 0. The number of carbonyl (C=O) groups is 2. The molecule has 2 aliphatic rings. The van der Waals surface area contributed by atoms with Crippen molar-refractivity contribution < 1.29 is 9.59 Å². The Hall–Kier alpha value is -2.35. The van der Waals surface area contributed by atoms with Crippen LogP contribution in [0, 0.1) is 0 Å². The highest BCUT2D eigenvalue weighted by Gasteiger charge is 2.55. The SMILES string of the molecule is CC[C@@H]1CC[C@@]2(CC)C(=O)N(C)c3cnc(CC(=O)c4nccs4)nc3N12. The monoisotopic (exact) mass is 385 g/mol. The maximum absolute atomic E-state index is 13.2. The number of Topliss-reactive ketones (excluding diaryl/α,β-unsaturated/α-hetero) is 1. The molecule has 1 amide bonds. The smallest absolute Gasteiger partial charge is 0.252 e. The van der Waals surface area contributed by atoms with Crippen LogP contribution in [0.5, 0.6) is 0 Å². The fourth-order valence-corrected chi connectivity index (χ4v) is 4.95. The van der Waals surface area contributed by atoms with Gasteiger partial charge in [0.25, 0.3) is 5.91 Å². The molecule has 0 bridgehead atoms. The summed E-state index contributed by atoms with van der Waals surface area (Å²) in [5, 5.41) is 2.26. The lowest BCUT2D eigenvalue weighted by atomic mass is 9.89. The van der Waals surface area contributed by atoms with Gasteiger partial charge in [0.15, 0.2) is 16.6 Å². The minimum Gasteiger partial charge on any atom is -0.337 e. The molecule has 2 aliphatic heterocycles. The van der Waals surface area contributed by atoms with Crippen LogP contribution < -0.4 is 9.80 Å². The van der Waals surface area contributed by atoms with E-state index < -0.39 is 5.54 Å².